The van der Waals surface area contributed by atoms with Crippen LogP contribution in [0.1, 0.15) is 29.9 Å². The summed E-state index contributed by atoms with van der Waals surface area (Å²) in [6.07, 6.45) is 1.64. The van der Waals surface area contributed by atoms with Crippen molar-refractivity contribution in [2.45, 2.75) is 19.9 Å². The number of nitrogens with zero attached hydrogens (tertiary/aromatic N) is 3. The molecule has 1 aliphatic rings. The van der Waals surface area contributed by atoms with Gasteiger partial charge in [-0.05, 0) is 67.4 Å². The molecule has 3 heterocycles. The number of amides is 1. The normalized spacial score (nSPS) is 14.6. The summed E-state index contributed by atoms with van der Waals surface area (Å²) in [5.74, 6) is 1.24. The lowest BCUT2D eigenvalue weighted by molar-refractivity contribution is -0.384. The minimum atomic E-state index is -0.738. The summed E-state index contributed by atoms with van der Waals surface area (Å²) in [4.78, 5) is 43.5. The number of anilines is 1. The maximum atomic E-state index is 14.0. The topological polar surface area (TPSA) is 129 Å². The molecule has 1 aliphatic heterocycles. The molecule has 11 heteroatoms. The van der Waals surface area contributed by atoms with E-state index in [1.54, 1.807) is 69.5 Å². The molecule has 5 aromatic rings. The van der Waals surface area contributed by atoms with E-state index in [1.807, 2.05) is 30.3 Å². The highest BCUT2D eigenvalue weighted by molar-refractivity contribution is 7.07. The summed E-state index contributed by atoms with van der Waals surface area (Å²) < 4.78 is 13.3. The molecule has 0 bridgehead atoms. The molecule has 0 spiro atoms. The predicted molar refractivity (Wildman–Crippen MR) is 167 cm³/mol. The largest absolute Gasteiger partial charge is 0.497 e. The first kappa shape index (κ1) is 28.6. The van der Waals surface area contributed by atoms with E-state index in [4.69, 9.17) is 9.15 Å². The molecule has 44 heavy (non-hydrogen) atoms. The fraction of sp³-hybridized carbons (Fsp3) is 0.121. The number of nitro benzene ring substituents is 1. The second-order valence-electron chi connectivity index (χ2n) is 10.1. The Balaban J connectivity index is 1.43. The molecule has 0 saturated heterocycles. The van der Waals surface area contributed by atoms with Crippen LogP contribution in [-0.4, -0.2) is 22.5 Å². The highest BCUT2D eigenvalue weighted by Gasteiger charge is 2.32. The summed E-state index contributed by atoms with van der Waals surface area (Å²) in [5.41, 5.74) is 3.28. The van der Waals surface area contributed by atoms with E-state index in [2.05, 4.69) is 10.3 Å². The van der Waals surface area contributed by atoms with Crippen LogP contribution < -0.4 is 24.9 Å². The number of aryl methyl sites for hydroxylation is 1. The molecule has 1 atom stereocenters. The van der Waals surface area contributed by atoms with Gasteiger partial charge in [0.1, 0.15) is 17.3 Å². The second-order valence-corrected chi connectivity index (χ2v) is 11.1. The summed E-state index contributed by atoms with van der Waals surface area (Å²) >= 11 is 1.20. The van der Waals surface area contributed by atoms with Crippen LogP contribution in [0.2, 0.25) is 0 Å². The van der Waals surface area contributed by atoms with Crippen molar-refractivity contribution in [2.75, 3.05) is 12.4 Å². The van der Waals surface area contributed by atoms with Crippen molar-refractivity contribution >= 4 is 34.7 Å². The number of allylic oxidation sites excluding steroid dienone is 1. The highest BCUT2D eigenvalue weighted by atomic mass is 32.1. The Morgan fingerprint density at radius 1 is 1.07 bits per heavy atom. The van der Waals surface area contributed by atoms with E-state index in [9.17, 15) is 19.7 Å². The minimum Gasteiger partial charge on any atom is -0.497 e. The van der Waals surface area contributed by atoms with Crippen molar-refractivity contribution in [1.82, 2.24) is 4.57 Å². The zero-order valence-corrected chi connectivity index (χ0v) is 24.8. The van der Waals surface area contributed by atoms with Gasteiger partial charge in [0, 0.05) is 29.5 Å². The van der Waals surface area contributed by atoms with Gasteiger partial charge < -0.3 is 14.5 Å². The van der Waals surface area contributed by atoms with Crippen LogP contribution in [-0.2, 0) is 4.79 Å². The average Bonchev–Trinajstić information content (AvgIpc) is 3.60. The Bertz CT molecular complexity index is 2130. The van der Waals surface area contributed by atoms with Gasteiger partial charge in [-0.1, -0.05) is 41.7 Å². The van der Waals surface area contributed by atoms with Gasteiger partial charge in [0.15, 0.2) is 4.80 Å². The van der Waals surface area contributed by atoms with Crippen LogP contribution >= 0.6 is 11.3 Å². The molecule has 10 nitrogen and oxygen atoms in total. The Hall–Kier alpha value is -5.55. The molecule has 1 amide bonds. The number of hydrogen-bond acceptors (Lipinski definition) is 8. The first-order chi connectivity index (χ1) is 21.2. The predicted octanol–water partition coefficient (Wildman–Crippen LogP) is 5.36. The number of nitro groups is 1. The summed E-state index contributed by atoms with van der Waals surface area (Å²) in [5, 5.41) is 14.1. The maximum Gasteiger partial charge on any atom is 0.271 e. The molecule has 0 aliphatic carbocycles. The molecule has 6 rings (SSSR count). The molecule has 2 aromatic heterocycles. The van der Waals surface area contributed by atoms with Crippen LogP contribution in [0.4, 0.5) is 11.4 Å². The number of non-ortho nitro benzene ring substituents is 1. The van der Waals surface area contributed by atoms with Gasteiger partial charge in [-0.15, -0.1) is 0 Å². The van der Waals surface area contributed by atoms with Crippen LogP contribution in [0.15, 0.2) is 110 Å². The molecular formula is C33H26N4O6S. The minimum absolute atomic E-state index is 0.00216. The first-order valence-electron chi connectivity index (χ1n) is 13.6. The third kappa shape index (κ3) is 5.36. The highest BCUT2D eigenvalue weighted by Crippen LogP contribution is 2.32. The van der Waals surface area contributed by atoms with Crippen molar-refractivity contribution in [3.05, 3.63) is 143 Å². The Kier molecular flexibility index (Phi) is 7.54. The number of thiazole rings is 1. The molecule has 0 radical (unpaired) electrons. The van der Waals surface area contributed by atoms with Gasteiger partial charge in [0.05, 0.1) is 33.9 Å². The van der Waals surface area contributed by atoms with E-state index >= 15 is 0 Å². The van der Waals surface area contributed by atoms with Gasteiger partial charge in [-0.25, -0.2) is 4.99 Å². The first-order valence-corrected chi connectivity index (χ1v) is 14.4. The van der Waals surface area contributed by atoms with Crippen molar-refractivity contribution in [2.24, 2.45) is 4.99 Å². The van der Waals surface area contributed by atoms with Gasteiger partial charge in [-0.3, -0.25) is 24.3 Å². The summed E-state index contributed by atoms with van der Waals surface area (Å²) in [7, 11) is 1.57. The van der Waals surface area contributed by atoms with E-state index in [0.717, 1.165) is 5.56 Å². The van der Waals surface area contributed by atoms with Gasteiger partial charge in [-0.2, -0.15) is 0 Å². The lowest BCUT2D eigenvalue weighted by Gasteiger charge is -2.25. The molecular weight excluding hydrogens is 580 g/mol. The molecule has 220 valence electrons. The third-order valence-electron chi connectivity index (χ3n) is 7.32. The summed E-state index contributed by atoms with van der Waals surface area (Å²) in [6.45, 7) is 3.54. The SMILES string of the molecule is COc1ccc([C@H]2C(C(=O)Nc3ccccc3)=C(C)N=c3s/c(=C/c4ccc(-c5ccc([N+](=O)[O-])cc5C)o4)c(=O)n32)cc1. The van der Waals surface area contributed by atoms with Crippen LogP contribution in [0.25, 0.3) is 17.4 Å². The van der Waals surface area contributed by atoms with Gasteiger partial charge in [0.2, 0.25) is 0 Å². The number of rotatable bonds is 7. The number of fused-ring (bicyclic) bond motifs is 1. The Morgan fingerprint density at radius 2 is 1.82 bits per heavy atom. The smallest absolute Gasteiger partial charge is 0.271 e. The van der Waals surface area contributed by atoms with Crippen molar-refractivity contribution < 1.29 is 18.9 Å². The number of nitrogens with one attached hydrogen (secondary N) is 1. The van der Waals surface area contributed by atoms with Crippen LogP contribution in [0.3, 0.4) is 0 Å². The zero-order valence-electron chi connectivity index (χ0n) is 23.9. The number of para-hydroxylation sites is 1. The van der Waals surface area contributed by atoms with E-state index in [-0.39, 0.29) is 17.2 Å². The van der Waals surface area contributed by atoms with Crippen molar-refractivity contribution in [3.8, 4) is 17.1 Å². The second kappa shape index (κ2) is 11.6. The zero-order chi connectivity index (χ0) is 31.0. The number of benzene rings is 3. The van der Waals surface area contributed by atoms with Gasteiger partial charge >= 0.3 is 0 Å². The van der Waals surface area contributed by atoms with Crippen LogP contribution in [0.5, 0.6) is 5.75 Å². The van der Waals surface area contributed by atoms with E-state index < -0.39 is 11.0 Å². The number of methoxy groups -OCH3 is 1. The number of aromatic nitrogens is 1. The quantitative estimate of drug-likeness (QED) is 0.196. The van der Waals surface area contributed by atoms with E-state index in [1.165, 1.54) is 28.0 Å². The van der Waals surface area contributed by atoms with Crippen molar-refractivity contribution in [1.29, 1.82) is 0 Å². The van der Waals surface area contributed by atoms with Crippen LogP contribution in [0, 0.1) is 17.0 Å². The fourth-order valence-corrected chi connectivity index (χ4v) is 6.20. The molecule has 1 N–H and O–H groups in total. The fourth-order valence-electron chi connectivity index (χ4n) is 5.18. The lowest BCUT2D eigenvalue weighted by atomic mass is 9.95. The Labute approximate surface area is 255 Å². The lowest BCUT2D eigenvalue weighted by Crippen LogP contribution is -2.40. The number of furan rings is 1. The summed E-state index contributed by atoms with van der Waals surface area (Å²) in [6, 6.07) is 23.7. The monoisotopic (exact) mass is 606 g/mol. The standard InChI is InChI=1S/C33H26N4O6S/c1-19-17-23(37(40)41)11-15-26(19)27-16-14-25(43-27)18-28-32(39)36-30(21-9-12-24(42-3)13-10-21)29(20(2)34-33(36)44-28)31(38)35-22-7-5-4-6-8-22/h4-18,30H,1-3H3,(H,35,38)/b28-18+/t30-/m0/s1. The number of hydrogen-bond donors (Lipinski definition) is 1. The Morgan fingerprint density at radius 3 is 2.50 bits per heavy atom. The van der Waals surface area contributed by atoms with Crippen molar-refractivity contribution in [3.63, 3.8) is 0 Å². The number of carbonyl (C=O) groups is 1. The molecule has 0 saturated carbocycles. The third-order valence-corrected chi connectivity index (χ3v) is 8.30. The molecule has 0 unspecified atom stereocenters. The number of carbonyl (C=O) groups excluding carboxylic acids is 1. The molecule has 0 fully saturated rings. The number of ether oxygens (including phenoxy) is 1. The average molecular weight is 607 g/mol. The molecule has 3 aromatic carbocycles. The van der Waals surface area contributed by atoms with E-state index in [0.29, 0.717) is 54.7 Å². The maximum absolute atomic E-state index is 14.0. The van der Waals surface area contributed by atoms with Gasteiger partial charge in [0.25, 0.3) is 17.2 Å².